The van der Waals surface area contributed by atoms with Gasteiger partial charge in [-0.15, -0.1) is 0 Å². The topological polar surface area (TPSA) is 110 Å². The number of hydrogen-bond acceptors (Lipinski definition) is 4. The summed E-state index contributed by atoms with van der Waals surface area (Å²) in [6.07, 6.45) is 3.48. The van der Waals surface area contributed by atoms with Gasteiger partial charge in [0.1, 0.15) is 0 Å². The minimum atomic E-state index is -0.918. The van der Waals surface area contributed by atoms with Crippen molar-refractivity contribution in [3.63, 3.8) is 0 Å². The molecule has 23 heavy (non-hydrogen) atoms. The molecule has 3 fully saturated rings. The molecule has 2 N–H and O–H groups in total. The molecule has 4 rings (SSSR count). The van der Waals surface area contributed by atoms with Crippen molar-refractivity contribution >= 4 is 23.3 Å². The Morgan fingerprint density at radius 2 is 1.74 bits per heavy atom. The highest BCUT2D eigenvalue weighted by molar-refractivity contribution is 5.95. The largest absolute Gasteiger partial charge is 0.481 e. The van der Waals surface area contributed by atoms with Gasteiger partial charge < -0.3 is 10.4 Å². The van der Waals surface area contributed by atoms with Gasteiger partial charge in [0, 0.05) is 17.8 Å². The molecule has 7 heteroatoms. The molecule has 0 aliphatic heterocycles. The first kappa shape index (κ1) is 15.5. The maximum absolute atomic E-state index is 12.6. The SMILES string of the molecule is O=C(O)[C@@H]1C2CCC(CC2)[C@@H]1C(=O)Nc1cccc([N+](=O)[O-])c1. The summed E-state index contributed by atoms with van der Waals surface area (Å²) in [5, 5.41) is 23.0. The van der Waals surface area contributed by atoms with E-state index >= 15 is 0 Å². The molecule has 3 aliphatic rings. The number of fused-ring (bicyclic) bond motifs is 3. The Balaban J connectivity index is 1.80. The van der Waals surface area contributed by atoms with Gasteiger partial charge in [0.15, 0.2) is 0 Å². The van der Waals surface area contributed by atoms with Crippen molar-refractivity contribution in [1.82, 2.24) is 0 Å². The van der Waals surface area contributed by atoms with Gasteiger partial charge in [-0.25, -0.2) is 0 Å². The monoisotopic (exact) mass is 318 g/mol. The van der Waals surface area contributed by atoms with E-state index in [4.69, 9.17) is 0 Å². The fourth-order valence-corrected chi connectivity index (χ4v) is 4.10. The Morgan fingerprint density at radius 1 is 1.13 bits per heavy atom. The molecule has 1 aromatic rings. The van der Waals surface area contributed by atoms with Crippen LogP contribution in [0.2, 0.25) is 0 Å². The van der Waals surface area contributed by atoms with E-state index in [9.17, 15) is 24.8 Å². The molecule has 0 unspecified atom stereocenters. The lowest BCUT2D eigenvalue weighted by Crippen LogP contribution is -2.49. The molecular weight excluding hydrogens is 300 g/mol. The molecule has 0 aromatic heterocycles. The molecule has 3 aliphatic carbocycles. The van der Waals surface area contributed by atoms with Crippen LogP contribution in [-0.2, 0) is 9.59 Å². The predicted molar refractivity (Wildman–Crippen MR) is 81.8 cm³/mol. The van der Waals surface area contributed by atoms with E-state index in [1.807, 2.05) is 0 Å². The molecule has 3 saturated carbocycles. The summed E-state index contributed by atoms with van der Waals surface area (Å²) < 4.78 is 0. The Hall–Kier alpha value is -2.44. The molecule has 1 amide bonds. The zero-order valence-electron chi connectivity index (χ0n) is 12.5. The second kappa shape index (κ2) is 5.98. The number of carboxylic acids is 1. The van der Waals surface area contributed by atoms with E-state index < -0.39 is 22.7 Å². The van der Waals surface area contributed by atoms with E-state index in [-0.39, 0.29) is 23.4 Å². The van der Waals surface area contributed by atoms with Crippen LogP contribution in [0.4, 0.5) is 11.4 Å². The fraction of sp³-hybridized carbons (Fsp3) is 0.500. The number of anilines is 1. The lowest BCUT2D eigenvalue weighted by atomic mass is 9.58. The standard InChI is InChI=1S/C16H18N2O5/c19-15(17-11-2-1-3-12(8-11)18(22)23)13-9-4-6-10(7-5-9)14(13)16(20)21/h1-3,8-10,13-14H,4-7H2,(H,17,19)(H,20,21)/t9?,10?,13-,14+/m0/s1. The fourth-order valence-electron chi connectivity index (χ4n) is 4.10. The maximum atomic E-state index is 12.6. The summed E-state index contributed by atoms with van der Waals surface area (Å²) in [6, 6.07) is 5.70. The number of nitrogens with zero attached hydrogens (tertiary/aromatic N) is 1. The number of nitrogens with one attached hydrogen (secondary N) is 1. The van der Waals surface area contributed by atoms with Gasteiger partial charge >= 0.3 is 5.97 Å². The number of benzene rings is 1. The van der Waals surface area contributed by atoms with E-state index in [0.717, 1.165) is 25.7 Å². The zero-order valence-corrected chi connectivity index (χ0v) is 12.5. The van der Waals surface area contributed by atoms with Crippen LogP contribution in [0.15, 0.2) is 24.3 Å². The van der Waals surface area contributed by atoms with Crippen molar-refractivity contribution in [2.75, 3.05) is 5.32 Å². The van der Waals surface area contributed by atoms with Crippen molar-refractivity contribution < 1.29 is 19.6 Å². The number of carboxylic acid groups (broad SMARTS) is 1. The van der Waals surface area contributed by atoms with Crippen LogP contribution in [0, 0.1) is 33.8 Å². The van der Waals surface area contributed by atoms with Crippen LogP contribution in [0.1, 0.15) is 25.7 Å². The second-order valence-electron chi connectivity index (χ2n) is 6.36. The molecule has 122 valence electrons. The summed E-state index contributed by atoms with van der Waals surface area (Å²) in [6.45, 7) is 0. The highest BCUT2D eigenvalue weighted by atomic mass is 16.6. The number of non-ortho nitro benzene ring substituents is 1. The summed E-state index contributed by atoms with van der Waals surface area (Å²) in [5.41, 5.74) is 0.220. The number of amides is 1. The average Bonchev–Trinajstić information content (AvgIpc) is 2.55. The molecule has 0 saturated heterocycles. The van der Waals surface area contributed by atoms with E-state index in [0.29, 0.717) is 5.69 Å². The van der Waals surface area contributed by atoms with Crippen molar-refractivity contribution in [2.45, 2.75) is 25.7 Å². The van der Waals surface area contributed by atoms with Crippen LogP contribution in [-0.4, -0.2) is 21.9 Å². The zero-order chi connectivity index (χ0) is 16.6. The predicted octanol–water partition coefficient (Wildman–Crippen LogP) is 2.67. The first-order valence-corrected chi connectivity index (χ1v) is 7.75. The van der Waals surface area contributed by atoms with Gasteiger partial charge in [0.25, 0.3) is 5.69 Å². The summed E-state index contributed by atoms with van der Waals surface area (Å²) in [7, 11) is 0. The van der Waals surface area contributed by atoms with Crippen LogP contribution in [0.25, 0.3) is 0 Å². The van der Waals surface area contributed by atoms with E-state index in [2.05, 4.69) is 5.32 Å². The van der Waals surface area contributed by atoms with Crippen molar-refractivity contribution in [3.8, 4) is 0 Å². The number of carbonyl (C=O) groups is 2. The normalized spacial score (nSPS) is 29.0. The number of carbonyl (C=O) groups excluding carboxylic acids is 1. The second-order valence-corrected chi connectivity index (χ2v) is 6.36. The first-order valence-electron chi connectivity index (χ1n) is 7.75. The number of rotatable bonds is 4. The summed E-state index contributed by atoms with van der Waals surface area (Å²) in [4.78, 5) is 34.5. The van der Waals surface area contributed by atoms with Crippen molar-refractivity contribution in [3.05, 3.63) is 34.4 Å². The summed E-state index contributed by atoms with van der Waals surface area (Å²) in [5.74, 6) is -2.33. The third-order valence-corrected chi connectivity index (χ3v) is 5.13. The van der Waals surface area contributed by atoms with Gasteiger partial charge in [0.2, 0.25) is 5.91 Å². The molecule has 0 radical (unpaired) electrons. The van der Waals surface area contributed by atoms with Crippen molar-refractivity contribution in [2.24, 2.45) is 23.7 Å². The van der Waals surface area contributed by atoms with Gasteiger partial charge in [-0.1, -0.05) is 6.07 Å². The Labute approximate surface area is 132 Å². The minimum Gasteiger partial charge on any atom is -0.481 e. The Bertz CT molecular complexity index is 652. The minimum absolute atomic E-state index is 0.0540. The highest BCUT2D eigenvalue weighted by Crippen LogP contribution is 2.49. The van der Waals surface area contributed by atoms with Crippen molar-refractivity contribution in [1.29, 1.82) is 0 Å². The molecule has 2 bridgehead atoms. The smallest absolute Gasteiger partial charge is 0.307 e. The molecule has 2 atom stereocenters. The lowest BCUT2D eigenvalue weighted by Gasteiger charge is -2.45. The molecule has 7 nitrogen and oxygen atoms in total. The average molecular weight is 318 g/mol. The van der Waals surface area contributed by atoms with Crippen LogP contribution < -0.4 is 5.32 Å². The third-order valence-electron chi connectivity index (χ3n) is 5.13. The summed E-state index contributed by atoms with van der Waals surface area (Å²) >= 11 is 0. The Morgan fingerprint density at radius 3 is 2.30 bits per heavy atom. The lowest BCUT2D eigenvalue weighted by molar-refractivity contribution is -0.384. The van der Waals surface area contributed by atoms with Gasteiger partial charge in [-0.2, -0.15) is 0 Å². The first-order chi connectivity index (χ1) is 11.0. The molecule has 1 aromatic carbocycles. The van der Waals surface area contributed by atoms with Crippen LogP contribution in [0.5, 0.6) is 0 Å². The number of nitro groups is 1. The van der Waals surface area contributed by atoms with Gasteiger partial charge in [0.05, 0.1) is 16.8 Å². The highest BCUT2D eigenvalue weighted by Gasteiger charge is 2.50. The quantitative estimate of drug-likeness (QED) is 0.655. The van der Waals surface area contributed by atoms with Gasteiger partial charge in [-0.3, -0.25) is 19.7 Å². The molecule has 0 heterocycles. The van der Waals surface area contributed by atoms with E-state index in [1.165, 1.54) is 18.2 Å². The van der Waals surface area contributed by atoms with Gasteiger partial charge in [-0.05, 0) is 43.6 Å². The third kappa shape index (κ3) is 2.91. The van der Waals surface area contributed by atoms with E-state index in [1.54, 1.807) is 6.07 Å². The Kier molecular flexibility index (Phi) is 4.02. The number of aliphatic carboxylic acids is 1. The van der Waals surface area contributed by atoms with Crippen LogP contribution in [0.3, 0.4) is 0 Å². The molecular formula is C16H18N2O5. The number of hydrogen-bond donors (Lipinski definition) is 2. The molecule has 0 spiro atoms. The number of nitro benzene ring substituents is 1. The maximum Gasteiger partial charge on any atom is 0.307 e. The van der Waals surface area contributed by atoms with Crippen LogP contribution >= 0.6 is 0 Å².